The maximum Gasteiger partial charge on any atom is 0.191 e. The highest BCUT2D eigenvalue weighted by atomic mass is 16.5. The number of hydrogen-bond donors (Lipinski definition) is 2. The summed E-state index contributed by atoms with van der Waals surface area (Å²) in [5, 5.41) is 6.98. The van der Waals surface area contributed by atoms with E-state index in [-0.39, 0.29) is 0 Å². The van der Waals surface area contributed by atoms with Crippen LogP contribution in [0, 0.1) is 0 Å². The molecule has 29 heavy (non-hydrogen) atoms. The fourth-order valence-corrected chi connectivity index (χ4v) is 3.50. The Hall–Kier alpha value is -1.99. The van der Waals surface area contributed by atoms with E-state index in [0.29, 0.717) is 19.2 Å². The largest absolute Gasteiger partial charge is 0.493 e. The van der Waals surface area contributed by atoms with E-state index in [0.717, 1.165) is 75.1 Å². The predicted molar refractivity (Wildman–Crippen MR) is 118 cm³/mol. The maximum absolute atomic E-state index is 5.67. The summed E-state index contributed by atoms with van der Waals surface area (Å²) in [6, 6.07) is 6.44. The molecule has 0 amide bonds. The number of rotatable bonds is 11. The van der Waals surface area contributed by atoms with Gasteiger partial charge in [0.2, 0.25) is 0 Å². The third kappa shape index (κ3) is 8.11. The minimum Gasteiger partial charge on any atom is -0.493 e. The summed E-state index contributed by atoms with van der Waals surface area (Å²) in [6.45, 7) is 10.3. The van der Waals surface area contributed by atoms with E-state index in [4.69, 9.17) is 19.2 Å². The van der Waals surface area contributed by atoms with E-state index >= 15 is 0 Å². The fraction of sp³-hybridized carbons (Fsp3) is 0.682. The second-order valence-corrected chi connectivity index (χ2v) is 7.22. The molecular weight excluding hydrogens is 368 g/mol. The number of guanidine groups is 1. The van der Waals surface area contributed by atoms with Crippen LogP contribution in [0.25, 0.3) is 0 Å². The van der Waals surface area contributed by atoms with Crippen LogP contribution in [0.1, 0.15) is 38.7 Å². The molecule has 0 unspecified atom stereocenters. The first-order valence-corrected chi connectivity index (χ1v) is 10.8. The van der Waals surface area contributed by atoms with Crippen molar-refractivity contribution in [1.29, 1.82) is 0 Å². The summed E-state index contributed by atoms with van der Waals surface area (Å²) >= 11 is 0. The van der Waals surface area contributed by atoms with Gasteiger partial charge in [0.25, 0.3) is 0 Å². The van der Waals surface area contributed by atoms with Crippen LogP contribution in [0.2, 0.25) is 0 Å². The third-order valence-corrected chi connectivity index (χ3v) is 5.04. The highest BCUT2D eigenvalue weighted by Crippen LogP contribution is 2.28. The molecule has 164 valence electrons. The highest BCUT2D eigenvalue weighted by molar-refractivity contribution is 5.80. The molecule has 7 heteroatoms. The molecule has 0 radical (unpaired) electrons. The van der Waals surface area contributed by atoms with Crippen LogP contribution in [0.5, 0.6) is 11.5 Å². The maximum atomic E-state index is 5.67. The first-order valence-electron chi connectivity index (χ1n) is 10.8. The third-order valence-electron chi connectivity index (χ3n) is 5.04. The van der Waals surface area contributed by atoms with E-state index < -0.39 is 0 Å². The van der Waals surface area contributed by atoms with Crippen molar-refractivity contribution in [2.75, 3.05) is 53.6 Å². The molecule has 1 aliphatic rings. The van der Waals surface area contributed by atoms with Gasteiger partial charge in [-0.2, -0.15) is 0 Å². The number of methoxy groups -OCH3 is 2. The molecule has 1 heterocycles. The number of piperidine rings is 1. The van der Waals surface area contributed by atoms with E-state index in [9.17, 15) is 0 Å². The van der Waals surface area contributed by atoms with Crippen molar-refractivity contribution in [3.05, 3.63) is 23.8 Å². The van der Waals surface area contributed by atoms with Crippen molar-refractivity contribution in [3.8, 4) is 11.5 Å². The summed E-state index contributed by atoms with van der Waals surface area (Å²) in [4.78, 5) is 7.30. The number of nitrogens with zero attached hydrogens (tertiary/aromatic N) is 2. The zero-order chi connectivity index (χ0) is 20.9. The molecule has 0 bridgehead atoms. The smallest absolute Gasteiger partial charge is 0.191 e. The van der Waals surface area contributed by atoms with Gasteiger partial charge in [-0.1, -0.05) is 6.07 Å². The van der Waals surface area contributed by atoms with Crippen molar-refractivity contribution in [3.63, 3.8) is 0 Å². The number of hydrogen-bond acceptors (Lipinski definition) is 5. The van der Waals surface area contributed by atoms with Crippen molar-refractivity contribution >= 4 is 5.96 Å². The van der Waals surface area contributed by atoms with Crippen LogP contribution in [0.3, 0.4) is 0 Å². The van der Waals surface area contributed by atoms with Crippen LogP contribution < -0.4 is 20.1 Å². The quantitative estimate of drug-likeness (QED) is 0.335. The number of likely N-dealkylation sites (tertiary alicyclic amines) is 1. The molecule has 1 saturated heterocycles. The van der Waals surface area contributed by atoms with Gasteiger partial charge in [0.1, 0.15) is 0 Å². The molecule has 1 aliphatic heterocycles. The van der Waals surface area contributed by atoms with Crippen LogP contribution >= 0.6 is 0 Å². The molecule has 0 aromatic heterocycles. The van der Waals surface area contributed by atoms with Crippen molar-refractivity contribution in [2.24, 2.45) is 4.99 Å². The van der Waals surface area contributed by atoms with Gasteiger partial charge in [0, 0.05) is 45.9 Å². The molecule has 2 N–H and O–H groups in total. The topological polar surface area (TPSA) is 67.4 Å². The first-order chi connectivity index (χ1) is 14.2. The Morgan fingerprint density at radius 1 is 1.17 bits per heavy atom. The highest BCUT2D eigenvalue weighted by Gasteiger charge is 2.19. The second kappa shape index (κ2) is 13.3. The molecule has 1 fully saturated rings. The first kappa shape index (κ1) is 23.3. The van der Waals surface area contributed by atoms with E-state index in [1.165, 1.54) is 0 Å². The predicted octanol–water partition coefficient (Wildman–Crippen LogP) is 2.65. The molecule has 1 aromatic carbocycles. The van der Waals surface area contributed by atoms with Gasteiger partial charge < -0.3 is 29.7 Å². The normalized spacial score (nSPS) is 15.9. The molecule has 0 saturated carbocycles. The van der Waals surface area contributed by atoms with E-state index in [1.807, 2.05) is 25.1 Å². The SMILES string of the molecule is CCNC(=NCc1ccc(OC)c(OCC)c1)NC1CCN(CCCOC)CC1. The molecule has 0 spiro atoms. The van der Waals surface area contributed by atoms with Gasteiger partial charge in [-0.05, 0) is 50.8 Å². The Kier molecular flexibility index (Phi) is 10.7. The zero-order valence-corrected chi connectivity index (χ0v) is 18.5. The summed E-state index contributed by atoms with van der Waals surface area (Å²) in [5.74, 6) is 2.39. The van der Waals surface area contributed by atoms with Gasteiger partial charge >= 0.3 is 0 Å². The molecular formula is C22H38N4O3. The number of nitrogens with one attached hydrogen (secondary N) is 2. The lowest BCUT2D eigenvalue weighted by Crippen LogP contribution is -2.48. The lowest BCUT2D eigenvalue weighted by molar-refractivity contribution is 0.155. The van der Waals surface area contributed by atoms with Gasteiger partial charge in [-0.15, -0.1) is 0 Å². The summed E-state index contributed by atoms with van der Waals surface area (Å²) in [6.07, 6.45) is 3.37. The lowest BCUT2D eigenvalue weighted by Gasteiger charge is -2.33. The number of ether oxygens (including phenoxy) is 3. The molecule has 2 rings (SSSR count). The second-order valence-electron chi connectivity index (χ2n) is 7.22. The van der Waals surface area contributed by atoms with Crippen molar-refractivity contribution in [1.82, 2.24) is 15.5 Å². The van der Waals surface area contributed by atoms with E-state index in [2.05, 4.69) is 22.5 Å². The summed E-state index contributed by atoms with van der Waals surface area (Å²) < 4.78 is 16.2. The lowest BCUT2D eigenvalue weighted by atomic mass is 10.1. The van der Waals surface area contributed by atoms with Crippen LogP contribution in [-0.2, 0) is 11.3 Å². The van der Waals surface area contributed by atoms with Gasteiger partial charge in [0.05, 0.1) is 20.3 Å². The minimum absolute atomic E-state index is 0.460. The Labute approximate surface area is 175 Å². The van der Waals surface area contributed by atoms with Crippen molar-refractivity contribution in [2.45, 2.75) is 45.7 Å². The Morgan fingerprint density at radius 3 is 2.62 bits per heavy atom. The van der Waals surface area contributed by atoms with E-state index in [1.54, 1.807) is 14.2 Å². The van der Waals surface area contributed by atoms with Crippen LogP contribution in [0.15, 0.2) is 23.2 Å². The van der Waals surface area contributed by atoms with Crippen LogP contribution in [0.4, 0.5) is 0 Å². The zero-order valence-electron chi connectivity index (χ0n) is 18.5. The number of benzene rings is 1. The van der Waals surface area contributed by atoms with Crippen molar-refractivity contribution < 1.29 is 14.2 Å². The minimum atomic E-state index is 0.460. The average Bonchev–Trinajstić information content (AvgIpc) is 2.74. The Bertz CT molecular complexity index is 616. The average molecular weight is 407 g/mol. The molecule has 1 aromatic rings. The molecule has 0 atom stereocenters. The molecule has 0 aliphatic carbocycles. The van der Waals surface area contributed by atoms with Gasteiger partial charge in [-0.3, -0.25) is 0 Å². The monoisotopic (exact) mass is 406 g/mol. The Morgan fingerprint density at radius 2 is 1.97 bits per heavy atom. The van der Waals surface area contributed by atoms with Gasteiger partial charge in [-0.25, -0.2) is 4.99 Å². The number of aliphatic imine (C=N–C) groups is 1. The summed E-state index contributed by atoms with van der Waals surface area (Å²) in [7, 11) is 3.42. The molecule has 7 nitrogen and oxygen atoms in total. The van der Waals surface area contributed by atoms with Crippen LogP contribution in [-0.4, -0.2) is 70.5 Å². The fourth-order valence-electron chi connectivity index (χ4n) is 3.50. The van der Waals surface area contributed by atoms with Gasteiger partial charge in [0.15, 0.2) is 17.5 Å². The summed E-state index contributed by atoms with van der Waals surface area (Å²) in [5.41, 5.74) is 1.10. The standard InChI is InChI=1S/C22H38N4O3/c1-5-23-22(25-19-10-13-26(14-11-19)12-7-15-27-3)24-17-18-8-9-20(28-4)21(16-18)29-6-2/h8-9,16,19H,5-7,10-15,17H2,1-4H3,(H2,23,24,25). The Balaban J connectivity index is 1.89.